The van der Waals surface area contributed by atoms with Crippen LogP contribution in [-0.2, 0) is 9.16 Å². The molecule has 174 valence electrons. The topological polar surface area (TPSA) is 83.6 Å². The van der Waals surface area contributed by atoms with E-state index < -0.39 is 20.5 Å². The van der Waals surface area contributed by atoms with Gasteiger partial charge in [0.2, 0.25) is 0 Å². The van der Waals surface area contributed by atoms with Gasteiger partial charge in [0.25, 0.3) is 5.56 Å². The molecule has 0 spiro atoms. The Hall–Kier alpha value is -1.41. The van der Waals surface area contributed by atoms with Gasteiger partial charge in [-0.05, 0) is 42.1 Å². The minimum Gasteiger partial charge on any atom is -0.408 e. The van der Waals surface area contributed by atoms with Crippen LogP contribution >= 0.6 is 0 Å². The van der Waals surface area contributed by atoms with Crippen LogP contribution in [0.5, 0.6) is 0 Å². The van der Waals surface area contributed by atoms with Crippen LogP contribution in [0.2, 0.25) is 18.1 Å². The average molecular weight is 449 g/mol. The van der Waals surface area contributed by atoms with E-state index >= 15 is 0 Å². The van der Waals surface area contributed by atoms with Crippen molar-refractivity contribution in [3.8, 4) is 0 Å². The molecule has 5 atom stereocenters. The third kappa shape index (κ3) is 4.84. The first-order chi connectivity index (χ1) is 14.4. The zero-order chi connectivity index (χ0) is 23.1. The van der Waals surface area contributed by atoms with Gasteiger partial charge in [0, 0.05) is 18.0 Å². The Morgan fingerprint density at radius 3 is 2.58 bits per heavy atom. The number of H-pyrrole nitrogens is 1. The van der Waals surface area contributed by atoms with Crippen LogP contribution in [0.3, 0.4) is 0 Å². The Kier molecular flexibility index (Phi) is 6.92. The summed E-state index contributed by atoms with van der Waals surface area (Å²) in [7, 11) is -2.13. The normalized spacial score (nSPS) is 28.4. The maximum atomic E-state index is 12.7. The fourth-order valence-corrected chi connectivity index (χ4v) is 5.39. The molecule has 0 saturated carbocycles. The summed E-state index contributed by atoms with van der Waals surface area (Å²) in [5.41, 5.74) is 1.51. The Bertz CT molecular complexity index is 871. The lowest BCUT2D eigenvalue weighted by molar-refractivity contribution is 0.00144. The molecule has 7 heteroatoms. The van der Waals surface area contributed by atoms with E-state index in [0.717, 1.165) is 24.3 Å². The van der Waals surface area contributed by atoms with E-state index in [1.165, 1.54) is 0 Å². The van der Waals surface area contributed by atoms with E-state index in [-0.39, 0.29) is 28.7 Å². The highest BCUT2D eigenvalue weighted by atomic mass is 28.4. The number of ether oxygens (including phenoxy) is 1. The molecule has 2 heterocycles. The molecule has 1 aliphatic carbocycles. The molecule has 1 aliphatic heterocycles. The van der Waals surface area contributed by atoms with Crippen LogP contribution < -0.4 is 10.9 Å². The SMILES string of the molecule is CC[C@H]1OC([C@H]2C=Cc3c2cc(NCC(C)C)[nH]c3=O)[C@H](O[Si](C)(C)C(C)(C)C)[C@@H]1O. The van der Waals surface area contributed by atoms with Crippen molar-refractivity contribution in [1.29, 1.82) is 0 Å². The van der Waals surface area contributed by atoms with Gasteiger partial charge in [0.15, 0.2) is 8.32 Å². The van der Waals surface area contributed by atoms with Crippen molar-refractivity contribution in [2.45, 2.75) is 96.4 Å². The Labute approximate surface area is 187 Å². The van der Waals surface area contributed by atoms with Gasteiger partial charge in [0.1, 0.15) is 18.0 Å². The van der Waals surface area contributed by atoms with Crippen LogP contribution in [-0.4, -0.2) is 49.4 Å². The second-order valence-electron chi connectivity index (χ2n) is 10.9. The van der Waals surface area contributed by atoms with Crippen LogP contribution in [0.1, 0.15) is 65.0 Å². The van der Waals surface area contributed by atoms with E-state index in [1.807, 2.05) is 25.1 Å². The number of fused-ring (bicyclic) bond motifs is 1. The summed E-state index contributed by atoms with van der Waals surface area (Å²) in [6, 6.07) is 2.02. The fraction of sp³-hybridized carbons (Fsp3) is 0.708. The molecule has 3 rings (SSSR count). The van der Waals surface area contributed by atoms with Gasteiger partial charge < -0.3 is 24.6 Å². The second kappa shape index (κ2) is 8.85. The van der Waals surface area contributed by atoms with Gasteiger partial charge in [-0.25, -0.2) is 0 Å². The first-order valence-corrected chi connectivity index (χ1v) is 14.5. The van der Waals surface area contributed by atoms with Crippen molar-refractivity contribution in [2.24, 2.45) is 5.92 Å². The van der Waals surface area contributed by atoms with Gasteiger partial charge in [-0.15, -0.1) is 0 Å². The lowest BCUT2D eigenvalue weighted by atomic mass is 9.91. The van der Waals surface area contributed by atoms with Gasteiger partial charge in [-0.3, -0.25) is 4.79 Å². The van der Waals surface area contributed by atoms with E-state index in [2.05, 4.69) is 58.0 Å². The van der Waals surface area contributed by atoms with Crippen molar-refractivity contribution in [3.63, 3.8) is 0 Å². The van der Waals surface area contributed by atoms with E-state index in [4.69, 9.17) is 9.16 Å². The molecular formula is C24H40N2O4Si. The molecule has 1 saturated heterocycles. The monoisotopic (exact) mass is 448 g/mol. The zero-order valence-electron chi connectivity index (χ0n) is 20.3. The summed E-state index contributed by atoms with van der Waals surface area (Å²) in [6.45, 7) is 18.1. The van der Waals surface area contributed by atoms with Crippen molar-refractivity contribution in [1.82, 2.24) is 4.98 Å². The molecule has 0 amide bonds. The van der Waals surface area contributed by atoms with Crippen molar-refractivity contribution in [2.75, 3.05) is 11.9 Å². The van der Waals surface area contributed by atoms with Crippen LogP contribution in [0, 0.1) is 5.92 Å². The highest BCUT2D eigenvalue weighted by molar-refractivity contribution is 6.74. The largest absolute Gasteiger partial charge is 0.408 e. The summed E-state index contributed by atoms with van der Waals surface area (Å²) in [4.78, 5) is 15.6. The molecule has 0 bridgehead atoms. The summed E-state index contributed by atoms with van der Waals surface area (Å²) < 4.78 is 13.1. The van der Waals surface area contributed by atoms with Crippen molar-refractivity contribution >= 4 is 20.2 Å². The van der Waals surface area contributed by atoms with Crippen LogP contribution in [0.25, 0.3) is 6.08 Å². The molecular weight excluding hydrogens is 408 g/mol. The number of nitrogens with one attached hydrogen (secondary N) is 2. The van der Waals surface area contributed by atoms with Crippen LogP contribution in [0.15, 0.2) is 16.9 Å². The van der Waals surface area contributed by atoms with Gasteiger partial charge in [0.05, 0.1) is 12.2 Å². The zero-order valence-corrected chi connectivity index (χ0v) is 21.3. The predicted octanol–water partition coefficient (Wildman–Crippen LogP) is 4.48. The number of anilines is 1. The lowest BCUT2D eigenvalue weighted by Gasteiger charge is -2.40. The number of aromatic nitrogens is 1. The number of pyridine rings is 1. The second-order valence-corrected chi connectivity index (χ2v) is 15.7. The predicted molar refractivity (Wildman–Crippen MR) is 129 cm³/mol. The third-order valence-corrected chi connectivity index (χ3v) is 11.5. The first-order valence-electron chi connectivity index (χ1n) is 11.6. The fourth-order valence-electron chi connectivity index (χ4n) is 4.08. The number of rotatable bonds is 7. The highest BCUT2D eigenvalue weighted by Crippen LogP contribution is 2.44. The molecule has 2 aliphatic rings. The summed E-state index contributed by atoms with van der Waals surface area (Å²) in [6.07, 6.45) is 2.94. The molecule has 3 N–H and O–H groups in total. The molecule has 31 heavy (non-hydrogen) atoms. The molecule has 1 unspecified atom stereocenters. The van der Waals surface area contributed by atoms with Crippen molar-refractivity contribution in [3.05, 3.63) is 33.6 Å². The number of aromatic amines is 1. The molecule has 1 fully saturated rings. The summed E-state index contributed by atoms with van der Waals surface area (Å²) in [5.74, 6) is 1.06. The average Bonchev–Trinajstić information content (AvgIpc) is 3.21. The number of aliphatic hydroxyl groups excluding tert-OH is 1. The molecule has 1 aromatic heterocycles. The Morgan fingerprint density at radius 1 is 1.32 bits per heavy atom. The quantitative estimate of drug-likeness (QED) is 0.536. The molecule has 0 aromatic carbocycles. The van der Waals surface area contributed by atoms with E-state index in [9.17, 15) is 9.90 Å². The standard InChI is InChI=1S/C24H40N2O4Si/c1-9-18-20(27)22(30-31(7,8)24(4,5)6)21(29-18)15-10-11-16-17(15)12-19(26-23(16)28)25-13-14(2)3/h10-12,14-15,18,20-22,27H,9,13H2,1-8H3,(H2,25,26,28)/t15-,18+,20+,21?,22+/m0/s1. The van der Waals surface area contributed by atoms with Crippen molar-refractivity contribution < 1.29 is 14.3 Å². The number of aliphatic hydroxyl groups is 1. The highest BCUT2D eigenvalue weighted by Gasteiger charge is 2.51. The van der Waals surface area contributed by atoms with Gasteiger partial charge in [-0.1, -0.05) is 53.7 Å². The Morgan fingerprint density at radius 2 is 2.00 bits per heavy atom. The molecule has 0 radical (unpaired) electrons. The van der Waals surface area contributed by atoms with Gasteiger partial charge in [-0.2, -0.15) is 0 Å². The third-order valence-electron chi connectivity index (χ3n) is 7.00. The minimum atomic E-state index is -2.13. The minimum absolute atomic E-state index is 0.0239. The van der Waals surface area contributed by atoms with E-state index in [0.29, 0.717) is 11.5 Å². The van der Waals surface area contributed by atoms with Gasteiger partial charge >= 0.3 is 0 Å². The molecule has 1 aromatic rings. The first kappa shape index (κ1) is 24.2. The maximum Gasteiger partial charge on any atom is 0.257 e. The smallest absolute Gasteiger partial charge is 0.257 e. The molecule has 6 nitrogen and oxygen atoms in total. The number of hydrogen-bond acceptors (Lipinski definition) is 5. The van der Waals surface area contributed by atoms with Crippen LogP contribution in [0.4, 0.5) is 5.82 Å². The maximum absolute atomic E-state index is 12.7. The lowest BCUT2D eigenvalue weighted by Crippen LogP contribution is -2.50. The van der Waals surface area contributed by atoms with E-state index in [1.54, 1.807) is 0 Å². The summed E-state index contributed by atoms with van der Waals surface area (Å²) >= 11 is 0. The number of hydrogen-bond donors (Lipinski definition) is 3. The Balaban J connectivity index is 1.94. The summed E-state index contributed by atoms with van der Waals surface area (Å²) in [5, 5.41) is 14.4.